The minimum absolute atomic E-state index is 0.0608. The van der Waals surface area contributed by atoms with Crippen LogP contribution in [0.2, 0.25) is 0 Å². The van der Waals surface area contributed by atoms with Crippen LogP contribution in [0, 0.1) is 11.3 Å². The number of nitriles is 1. The topological polar surface area (TPSA) is 142 Å². The van der Waals surface area contributed by atoms with E-state index < -0.39 is 18.0 Å². The predicted octanol–water partition coefficient (Wildman–Crippen LogP) is 0.0429. The number of rotatable bonds is 8. The maximum atomic E-state index is 12.5. The fourth-order valence-electron chi connectivity index (χ4n) is 4.10. The zero-order valence-corrected chi connectivity index (χ0v) is 19.0. The molecule has 0 spiro atoms. The fraction of sp³-hybridized carbons (Fsp3) is 0.417. The van der Waals surface area contributed by atoms with E-state index in [2.05, 4.69) is 6.07 Å². The first kappa shape index (κ1) is 23.6. The van der Waals surface area contributed by atoms with Gasteiger partial charge in [0.25, 0.3) is 0 Å². The van der Waals surface area contributed by atoms with E-state index in [-0.39, 0.29) is 28.7 Å². The van der Waals surface area contributed by atoms with Gasteiger partial charge in [-0.05, 0) is 24.6 Å². The molecule has 1 aromatic heterocycles. The smallest absolute Gasteiger partial charge is 0.228 e. The first-order valence-electron chi connectivity index (χ1n) is 11.2. The summed E-state index contributed by atoms with van der Waals surface area (Å²) in [5.41, 5.74) is 6.18. The van der Waals surface area contributed by atoms with E-state index in [0.29, 0.717) is 30.3 Å². The first-order valence-corrected chi connectivity index (χ1v) is 11.2. The lowest BCUT2D eigenvalue weighted by Crippen LogP contribution is -3.14. The van der Waals surface area contributed by atoms with Crippen LogP contribution >= 0.6 is 0 Å². The van der Waals surface area contributed by atoms with Crippen LogP contribution in [-0.4, -0.2) is 51.2 Å². The van der Waals surface area contributed by atoms with Crippen molar-refractivity contribution in [2.45, 2.75) is 19.4 Å². The van der Waals surface area contributed by atoms with Gasteiger partial charge < -0.3 is 39.1 Å². The summed E-state index contributed by atoms with van der Waals surface area (Å²) in [6.45, 7) is 6.58. The van der Waals surface area contributed by atoms with Crippen molar-refractivity contribution in [2.75, 3.05) is 46.1 Å². The molecule has 2 aliphatic heterocycles. The third kappa shape index (κ3) is 4.87. The van der Waals surface area contributed by atoms with Crippen LogP contribution in [0.4, 0.5) is 0 Å². The number of hydrogen-bond donors (Lipinski definition) is 3. The Morgan fingerprint density at radius 3 is 2.74 bits per heavy atom. The molecule has 1 aromatic carbocycles. The summed E-state index contributed by atoms with van der Waals surface area (Å²) in [5, 5.41) is 19.3. The van der Waals surface area contributed by atoms with Gasteiger partial charge in [-0.3, -0.25) is 4.79 Å². The van der Waals surface area contributed by atoms with Gasteiger partial charge >= 0.3 is 0 Å². The normalized spacial score (nSPS) is 18.1. The minimum atomic E-state index is -0.806. The van der Waals surface area contributed by atoms with Gasteiger partial charge in [0.15, 0.2) is 17.3 Å². The molecule has 0 bridgehead atoms. The van der Waals surface area contributed by atoms with Crippen LogP contribution in [0.15, 0.2) is 44.9 Å². The second kappa shape index (κ2) is 10.6. The van der Waals surface area contributed by atoms with Crippen molar-refractivity contribution < 1.29 is 33.4 Å². The molecule has 34 heavy (non-hydrogen) atoms. The molecule has 2 aliphatic rings. The number of morpholine rings is 1. The molecule has 180 valence electrons. The third-order valence-corrected chi connectivity index (χ3v) is 5.80. The summed E-state index contributed by atoms with van der Waals surface area (Å²) < 4.78 is 28.4. The zero-order chi connectivity index (χ0) is 24.1. The lowest BCUT2D eigenvalue weighted by molar-refractivity contribution is -0.908. The number of fused-ring (bicyclic) bond motifs is 1. The summed E-state index contributed by atoms with van der Waals surface area (Å²) in [4.78, 5) is 13.9. The summed E-state index contributed by atoms with van der Waals surface area (Å²) >= 11 is 0. The van der Waals surface area contributed by atoms with E-state index >= 15 is 0 Å². The highest BCUT2D eigenvalue weighted by Gasteiger charge is 2.35. The third-order valence-electron chi connectivity index (χ3n) is 5.80. The molecule has 2 aromatic rings. The maximum Gasteiger partial charge on any atom is 0.228 e. The molecular weight excluding hydrogens is 442 g/mol. The number of nitrogens with two attached hydrogens (primary N) is 1. The molecule has 1 saturated heterocycles. The Balaban J connectivity index is 1.66. The molecule has 0 radical (unpaired) electrons. The highest BCUT2D eigenvalue weighted by Crippen LogP contribution is 2.43. The SMILES string of the molecule is CCOc1cc([C@H]2C(C#N)=C(N)Oc3c2oc(CO)cc3=O)ccc1OCC[NH+]1CCOCC1. The number of hydrogen-bond acceptors (Lipinski definition) is 9. The zero-order valence-electron chi connectivity index (χ0n) is 19.0. The van der Waals surface area contributed by atoms with Crippen LogP contribution in [0.3, 0.4) is 0 Å². The molecule has 4 rings (SSSR count). The van der Waals surface area contributed by atoms with Crippen molar-refractivity contribution in [2.24, 2.45) is 5.73 Å². The molecule has 3 heterocycles. The number of quaternary nitrogens is 1. The summed E-state index contributed by atoms with van der Waals surface area (Å²) in [6, 6.07) is 8.48. The average molecular weight is 471 g/mol. The molecule has 4 N–H and O–H groups in total. The summed E-state index contributed by atoms with van der Waals surface area (Å²) in [6.07, 6.45) is 0. The largest absolute Gasteiger partial charge is 0.490 e. The Morgan fingerprint density at radius 1 is 1.24 bits per heavy atom. The number of nitrogens with one attached hydrogen (secondary N) is 1. The quantitative estimate of drug-likeness (QED) is 0.488. The number of aliphatic hydroxyl groups excluding tert-OH is 1. The highest BCUT2D eigenvalue weighted by molar-refractivity contribution is 5.55. The Labute approximate surface area is 196 Å². The van der Waals surface area contributed by atoms with E-state index in [1.807, 2.05) is 6.92 Å². The standard InChI is InChI=1S/C24H27N3O7/c1-2-31-20-11-15(3-4-19(20)32-10-7-27-5-8-30-9-6-27)21-17(13-25)24(26)34-22-18(29)12-16(14-28)33-23(21)22/h3-4,11-12,21,28H,2,5-10,14,26H2,1H3/p+1/t21-/m0/s1. The number of benzene rings is 1. The Kier molecular flexibility index (Phi) is 7.37. The number of nitrogens with zero attached hydrogens (tertiary/aromatic N) is 1. The lowest BCUT2D eigenvalue weighted by Gasteiger charge is -2.26. The molecule has 0 saturated carbocycles. The molecule has 1 atom stereocenters. The number of aliphatic hydroxyl groups is 1. The van der Waals surface area contributed by atoms with Gasteiger partial charge in [-0.2, -0.15) is 5.26 Å². The maximum absolute atomic E-state index is 12.5. The van der Waals surface area contributed by atoms with Crippen LogP contribution < -0.4 is 30.3 Å². The molecule has 10 heteroatoms. The first-order chi connectivity index (χ1) is 16.5. The van der Waals surface area contributed by atoms with Gasteiger partial charge in [0.05, 0.1) is 25.7 Å². The van der Waals surface area contributed by atoms with E-state index in [1.165, 1.54) is 4.90 Å². The molecule has 0 aliphatic carbocycles. The molecule has 0 amide bonds. The molecule has 1 fully saturated rings. The van der Waals surface area contributed by atoms with Crippen molar-refractivity contribution in [1.82, 2.24) is 0 Å². The lowest BCUT2D eigenvalue weighted by atomic mass is 9.87. The Hall–Kier alpha value is -3.52. The van der Waals surface area contributed by atoms with Crippen molar-refractivity contribution in [3.63, 3.8) is 0 Å². The van der Waals surface area contributed by atoms with Crippen molar-refractivity contribution in [1.29, 1.82) is 5.26 Å². The van der Waals surface area contributed by atoms with Crippen molar-refractivity contribution in [3.8, 4) is 23.3 Å². The Morgan fingerprint density at radius 2 is 2.03 bits per heavy atom. The van der Waals surface area contributed by atoms with Crippen LogP contribution in [-0.2, 0) is 11.3 Å². The van der Waals surface area contributed by atoms with E-state index in [1.54, 1.807) is 18.2 Å². The van der Waals surface area contributed by atoms with Crippen molar-refractivity contribution >= 4 is 0 Å². The van der Waals surface area contributed by atoms with Gasteiger partial charge in [-0.1, -0.05) is 6.07 Å². The summed E-state index contributed by atoms with van der Waals surface area (Å²) in [5.74, 6) is 0.161. The second-order valence-electron chi connectivity index (χ2n) is 7.95. The predicted molar refractivity (Wildman–Crippen MR) is 120 cm³/mol. The fourth-order valence-corrected chi connectivity index (χ4v) is 4.10. The summed E-state index contributed by atoms with van der Waals surface area (Å²) in [7, 11) is 0. The van der Waals surface area contributed by atoms with Gasteiger partial charge in [0.2, 0.25) is 17.1 Å². The van der Waals surface area contributed by atoms with Crippen LogP contribution in [0.1, 0.15) is 29.9 Å². The van der Waals surface area contributed by atoms with E-state index in [0.717, 1.165) is 38.9 Å². The molecule has 0 unspecified atom stereocenters. The van der Waals surface area contributed by atoms with Gasteiger partial charge in [-0.15, -0.1) is 0 Å². The van der Waals surface area contributed by atoms with Gasteiger partial charge in [0.1, 0.15) is 50.3 Å². The molecular formula is C24H28N3O7+. The van der Waals surface area contributed by atoms with E-state index in [4.69, 9.17) is 29.1 Å². The number of allylic oxidation sites excluding steroid dienone is 1. The van der Waals surface area contributed by atoms with Crippen molar-refractivity contribution in [3.05, 3.63) is 63.0 Å². The number of ether oxygens (including phenoxy) is 4. The molecule has 10 nitrogen and oxygen atoms in total. The monoisotopic (exact) mass is 470 g/mol. The van der Waals surface area contributed by atoms with E-state index in [9.17, 15) is 15.2 Å². The Bertz CT molecular complexity index is 1160. The van der Waals surface area contributed by atoms with Crippen LogP contribution in [0.5, 0.6) is 17.2 Å². The van der Waals surface area contributed by atoms with Gasteiger partial charge in [0, 0.05) is 6.07 Å². The average Bonchev–Trinajstić information content (AvgIpc) is 2.85. The second-order valence-corrected chi connectivity index (χ2v) is 7.95. The van der Waals surface area contributed by atoms with Crippen LogP contribution in [0.25, 0.3) is 0 Å². The van der Waals surface area contributed by atoms with Gasteiger partial charge in [-0.25, -0.2) is 0 Å². The minimum Gasteiger partial charge on any atom is -0.490 e. The highest BCUT2D eigenvalue weighted by atomic mass is 16.5.